The van der Waals surface area contributed by atoms with E-state index in [0.717, 1.165) is 0 Å². The Labute approximate surface area is 161 Å². The molecule has 0 radical (unpaired) electrons. The van der Waals surface area contributed by atoms with Gasteiger partial charge in [-0.3, -0.25) is 4.79 Å². The fourth-order valence-corrected chi connectivity index (χ4v) is 3.48. The number of methoxy groups -OCH3 is 1. The highest BCUT2D eigenvalue weighted by Crippen LogP contribution is 2.40. The molecule has 5 heteroatoms. The quantitative estimate of drug-likeness (QED) is 0.477. The fraction of sp³-hybridized carbons (Fsp3) is 0.130. The maximum absolute atomic E-state index is 13.5. The molecule has 3 nitrogen and oxygen atoms in total. The van der Waals surface area contributed by atoms with Crippen LogP contribution in [-0.2, 0) is 14.9 Å². The van der Waals surface area contributed by atoms with Gasteiger partial charge in [0.1, 0.15) is 22.8 Å². The molecule has 0 amide bonds. The lowest BCUT2D eigenvalue weighted by Crippen LogP contribution is -2.37. The van der Waals surface area contributed by atoms with E-state index < -0.39 is 23.0 Å². The van der Waals surface area contributed by atoms with E-state index in [9.17, 15) is 18.4 Å². The van der Waals surface area contributed by atoms with Crippen LogP contribution in [0.15, 0.2) is 72.8 Å². The van der Waals surface area contributed by atoms with Crippen molar-refractivity contribution in [2.24, 2.45) is 0 Å². The summed E-state index contributed by atoms with van der Waals surface area (Å²) in [5.74, 6) is -1.58. The fourth-order valence-electron chi connectivity index (χ4n) is 3.48. The third-order valence-corrected chi connectivity index (χ3v) is 4.82. The molecule has 0 heterocycles. The molecule has 28 heavy (non-hydrogen) atoms. The Morgan fingerprint density at radius 2 is 1.07 bits per heavy atom. The van der Waals surface area contributed by atoms with Crippen LogP contribution in [0.4, 0.5) is 8.78 Å². The second kappa shape index (κ2) is 7.72. The number of hydrogen-bond acceptors (Lipinski definition) is 3. The lowest BCUT2D eigenvalue weighted by Gasteiger charge is -2.33. The molecule has 0 fully saturated rings. The molecule has 0 unspecified atom stereocenters. The number of ether oxygens (including phenoxy) is 1. The lowest BCUT2D eigenvalue weighted by molar-refractivity contribution is -0.119. The first kappa shape index (κ1) is 19.4. The van der Waals surface area contributed by atoms with E-state index in [2.05, 4.69) is 0 Å². The number of esters is 1. The van der Waals surface area contributed by atoms with Crippen molar-refractivity contribution in [1.82, 2.24) is 0 Å². The molecule has 0 bridgehead atoms. The van der Waals surface area contributed by atoms with Gasteiger partial charge in [0.25, 0.3) is 0 Å². The van der Waals surface area contributed by atoms with E-state index in [0.29, 0.717) is 22.3 Å². The molecule has 0 saturated carbocycles. The molecule has 3 aromatic carbocycles. The molecule has 3 rings (SSSR count). The minimum Gasteiger partial charge on any atom is -0.465 e. The molecular formula is C23H18F2O3. The highest BCUT2D eigenvalue weighted by molar-refractivity contribution is 5.96. The van der Waals surface area contributed by atoms with Gasteiger partial charge in [-0.05, 0) is 60.0 Å². The smallest absolute Gasteiger partial charge is 0.337 e. The summed E-state index contributed by atoms with van der Waals surface area (Å²) in [6.45, 7) is 1.43. The van der Waals surface area contributed by atoms with Gasteiger partial charge in [0.2, 0.25) is 0 Å². The molecule has 0 atom stereocenters. The van der Waals surface area contributed by atoms with Gasteiger partial charge < -0.3 is 4.74 Å². The SMILES string of the molecule is COC(=O)c1ccc(C(C(C)=O)(c2ccc(F)cc2)c2ccc(F)cc2)cc1. The van der Waals surface area contributed by atoms with Crippen molar-refractivity contribution < 1.29 is 23.1 Å². The Bertz CT molecular complexity index is 946. The molecule has 0 saturated heterocycles. The zero-order valence-electron chi connectivity index (χ0n) is 15.4. The number of rotatable bonds is 5. The average molecular weight is 380 g/mol. The molecule has 3 aromatic rings. The highest BCUT2D eigenvalue weighted by atomic mass is 19.1. The number of benzene rings is 3. The van der Waals surface area contributed by atoms with Gasteiger partial charge in [-0.1, -0.05) is 36.4 Å². The van der Waals surface area contributed by atoms with Crippen LogP contribution in [0, 0.1) is 11.6 Å². The second-order valence-electron chi connectivity index (χ2n) is 6.39. The number of ketones is 1. The predicted octanol–water partition coefficient (Wildman–Crippen LogP) is 4.67. The van der Waals surface area contributed by atoms with E-state index >= 15 is 0 Å². The maximum atomic E-state index is 13.5. The third-order valence-electron chi connectivity index (χ3n) is 4.82. The minimum atomic E-state index is -1.28. The first-order valence-electron chi connectivity index (χ1n) is 8.61. The first-order valence-corrected chi connectivity index (χ1v) is 8.61. The van der Waals surface area contributed by atoms with Gasteiger partial charge in [-0.25, -0.2) is 13.6 Å². The standard InChI is InChI=1S/C23H18F2O3/c1-15(26)23(18-7-11-20(24)12-8-18,19-9-13-21(25)14-10-19)17-5-3-16(4-6-17)22(27)28-2/h3-14H,1-2H3. The van der Waals surface area contributed by atoms with Crippen LogP contribution in [0.1, 0.15) is 34.0 Å². The average Bonchev–Trinajstić information content (AvgIpc) is 2.71. The van der Waals surface area contributed by atoms with E-state index in [-0.39, 0.29) is 5.78 Å². The molecule has 0 spiro atoms. The summed E-state index contributed by atoms with van der Waals surface area (Å²) in [6.07, 6.45) is 0. The Kier molecular flexibility index (Phi) is 5.36. The topological polar surface area (TPSA) is 43.4 Å². The van der Waals surface area contributed by atoms with Crippen LogP contribution in [0.5, 0.6) is 0 Å². The van der Waals surface area contributed by atoms with Crippen molar-refractivity contribution in [3.63, 3.8) is 0 Å². The van der Waals surface area contributed by atoms with Crippen molar-refractivity contribution in [1.29, 1.82) is 0 Å². The Hall–Kier alpha value is -3.34. The number of carbonyl (C=O) groups is 2. The van der Waals surface area contributed by atoms with Crippen molar-refractivity contribution in [3.8, 4) is 0 Å². The van der Waals surface area contributed by atoms with Crippen LogP contribution in [0.25, 0.3) is 0 Å². The molecule has 0 aliphatic rings. The highest BCUT2D eigenvalue weighted by Gasteiger charge is 2.41. The Morgan fingerprint density at radius 1 is 0.714 bits per heavy atom. The second-order valence-corrected chi connectivity index (χ2v) is 6.39. The van der Waals surface area contributed by atoms with Crippen LogP contribution < -0.4 is 0 Å². The van der Waals surface area contributed by atoms with Crippen molar-refractivity contribution in [3.05, 3.63) is 107 Å². The summed E-state index contributed by atoms with van der Waals surface area (Å²) in [5.41, 5.74) is 0.709. The molecular weight excluding hydrogens is 362 g/mol. The number of hydrogen-bond donors (Lipinski definition) is 0. The zero-order valence-corrected chi connectivity index (χ0v) is 15.4. The summed E-state index contributed by atoms with van der Waals surface area (Å²) >= 11 is 0. The van der Waals surface area contributed by atoms with Gasteiger partial charge in [0.05, 0.1) is 12.7 Å². The minimum absolute atomic E-state index is 0.225. The van der Waals surface area contributed by atoms with Gasteiger partial charge in [-0.2, -0.15) is 0 Å². The molecule has 0 aliphatic carbocycles. The van der Waals surface area contributed by atoms with Crippen LogP contribution in [0.3, 0.4) is 0 Å². The van der Waals surface area contributed by atoms with Crippen LogP contribution >= 0.6 is 0 Å². The monoisotopic (exact) mass is 380 g/mol. The normalized spacial score (nSPS) is 11.1. The predicted molar refractivity (Wildman–Crippen MR) is 101 cm³/mol. The van der Waals surface area contributed by atoms with E-state index in [4.69, 9.17) is 4.74 Å². The van der Waals surface area contributed by atoms with Crippen molar-refractivity contribution >= 4 is 11.8 Å². The van der Waals surface area contributed by atoms with E-state index in [1.807, 2.05) is 0 Å². The van der Waals surface area contributed by atoms with Gasteiger partial charge >= 0.3 is 5.97 Å². The Balaban J connectivity index is 2.29. The third kappa shape index (κ3) is 3.31. The first-order chi connectivity index (χ1) is 13.4. The summed E-state index contributed by atoms with van der Waals surface area (Å²) in [5, 5.41) is 0. The van der Waals surface area contributed by atoms with Crippen LogP contribution in [-0.4, -0.2) is 18.9 Å². The molecule has 0 aromatic heterocycles. The van der Waals surface area contributed by atoms with Gasteiger partial charge in [0, 0.05) is 0 Å². The zero-order chi connectivity index (χ0) is 20.3. The van der Waals surface area contributed by atoms with Crippen molar-refractivity contribution in [2.45, 2.75) is 12.3 Å². The number of Topliss-reactive ketones (excluding diaryl/α,β-unsaturated/α-hetero) is 1. The lowest BCUT2D eigenvalue weighted by atomic mass is 9.67. The largest absolute Gasteiger partial charge is 0.465 e. The number of carbonyl (C=O) groups excluding carboxylic acids is 2. The summed E-state index contributed by atoms with van der Waals surface area (Å²) in [6, 6.07) is 17.7. The summed E-state index contributed by atoms with van der Waals surface area (Å²) < 4.78 is 31.8. The number of halogens is 2. The van der Waals surface area contributed by atoms with E-state index in [1.165, 1.54) is 62.6 Å². The molecule has 0 N–H and O–H groups in total. The van der Waals surface area contributed by atoms with Crippen LogP contribution in [0.2, 0.25) is 0 Å². The van der Waals surface area contributed by atoms with Gasteiger partial charge in [0.15, 0.2) is 0 Å². The Morgan fingerprint density at radius 3 is 1.39 bits per heavy atom. The van der Waals surface area contributed by atoms with E-state index in [1.54, 1.807) is 24.3 Å². The molecule has 0 aliphatic heterocycles. The summed E-state index contributed by atoms with van der Waals surface area (Å²) in [4.78, 5) is 24.8. The summed E-state index contributed by atoms with van der Waals surface area (Å²) in [7, 11) is 1.28. The maximum Gasteiger partial charge on any atom is 0.337 e. The molecule has 142 valence electrons. The van der Waals surface area contributed by atoms with Gasteiger partial charge in [-0.15, -0.1) is 0 Å². The van der Waals surface area contributed by atoms with Crippen molar-refractivity contribution in [2.75, 3.05) is 7.11 Å².